The van der Waals surface area contributed by atoms with E-state index in [1.165, 1.54) is 43.1 Å². The third-order valence-corrected chi connectivity index (χ3v) is 14.5. The topological polar surface area (TPSA) is 32.8 Å². The van der Waals surface area contributed by atoms with E-state index in [1.54, 1.807) is 0 Å². The Morgan fingerprint density at radius 3 is 1.09 bits per heavy atom. The molecule has 15 rings (SSSR count). The van der Waals surface area contributed by atoms with Gasteiger partial charge in [-0.25, -0.2) is 0 Å². The van der Waals surface area contributed by atoms with Gasteiger partial charge in [0, 0.05) is 55.1 Å². The van der Waals surface area contributed by atoms with Crippen LogP contribution in [0.15, 0.2) is 251 Å². The molecule has 0 aliphatic carbocycles. The second-order valence-corrected chi connectivity index (χ2v) is 18.4. The molecule has 0 N–H and O–H groups in total. The highest BCUT2D eigenvalue weighted by molar-refractivity contribution is 6.28. The Morgan fingerprint density at radius 1 is 0.214 bits per heavy atom. The van der Waals surface area contributed by atoms with E-state index in [0.717, 1.165) is 99.5 Å². The third kappa shape index (κ3) is 5.90. The fourth-order valence-corrected chi connectivity index (χ4v) is 11.3. The first kappa shape index (κ1) is 38.7. The standard InChI is InChI=1S/C66H40N2O2/c1-3-17-49(18-4-1)67(57-23-11-15-43-27-25-41-13-7-9-21-53(41)63(43)57)51-31-29-45-37-55-61(39-47(45)35-51)69-59-33-34-60-66(65(55)59)56-38-46-30-32-52(36-48(46)40-62(56)70-60)68(50-19-5-2-6-20-50)58-24-12-16-44-28-26-42-14-8-10-22-54(42)64(44)58/h1-40H. The normalized spacial score (nSPS) is 12.0. The van der Waals surface area contributed by atoms with Gasteiger partial charge >= 0.3 is 0 Å². The van der Waals surface area contributed by atoms with Gasteiger partial charge in [-0.2, -0.15) is 0 Å². The van der Waals surface area contributed by atoms with Crippen LogP contribution in [0.1, 0.15) is 0 Å². The van der Waals surface area contributed by atoms with Crippen molar-refractivity contribution in [3.8, 4) is 0 Å². The van der Waals surface area contributed by atoms with E-state index in [9.17, 15) is 0 Å². The molecule has 13 aromatic carbocycles. The minimum Gasteiger partial charge on any atom is -0.456 e. The fourth-order valence-electron chi connectivity index (χ4n) is 11.3. The van der Waals surface area contributed by atoms with Crippen LogP contribution >= 0.6 is 0 Å². The highest BCUT2D eigenvalue weighted by Crippen LogP contribution is 2.47. The number of nitrogens with zero attached hydrogens (tertiary/aromatic N) is 2. The number of anilines is 6. The zero-order chi connectivity index (χ0) is 45.9. The van der Waals surface area contributed by atoms with Crippen LogP contribution in [0.4, 0.5) is 34.1 Å². The quantitative estimate of drug-likeness (QED) is 0.156. The molecule has 0 unspecified atom stereocenters. The molecule has 0 saturated heterocycles. The summed E-state index contributed by atoms with van der Waals surface area (Å²) < 4.78 is 13.5. The van der Waals surface area contributed by atoms with Crippen molar-refractivity contribution in [1.82, 2.24) is 0 Å². The minimum absolute atomic E-state index is 0.839. The molecule has 0 amide bonds. The molecule has 70 heavy (non-hydrogen) atoms. The van der Waals surface area contributed by atoms with Crippen molar-refractivity contribution >= 4 is 143 Å². The Bertz CT molecular complexity index is 4310. The van der Waals surface area contributed by atoms with Gasteiger partial charge in [-0.15, -0.1) is 0 Å². The molecular weight excluding hydrogens is 853 g/mol. The van der Waals surface area contributed by atoms with Gasteiger partial charge in [0.05, 0.1) is 11.4 Å². The molecule has 4 nitrogen and oxygen atoms in total. The van der Waals surface area contributed by atoms with Crippen LogP contribution in [0.2, 0.25) is 0 Å². The van der Waals surface area contributed by atoms with Crippen molar-refractivity contribution in [3.05, 3.63) is 243 Å². The Balaban J connectivity index is 0.875. The first-order valence-corrected chi connectivity index (χ1v) is 23.9. The van der Waals surface area contributed by atoms with Crippen molar-refractivity contribution in [3.63, 3.8) is 0 Å². The van der Waals surface area contributed by atoms with E-state index in [-0.39, 0.29) is 0 Å². The van der Waals surface area contributed by atoms with Gasteiger partial charge in [0.1, 0.15) is 22.3 Å². The van der Waals surface area contributed by atoms with Crippen LogP contribution in [-0.2, 0) is 0 Å². The predicted octanol–water partition coefficient (Wildman–Crippen LogP) is 19.3. The minimum atomic E-state index is 0.839. The van der Waals surface area contributed by atoms with Gasteiger partial charge in [0.15, 0.2) is 0 Å². The van der Waals surface area contributed by atoms with E-state index in [4.69, 9.17) is 8.83 Å². The Kier molecular flexibility index (Phi) is 8.33. The second kappa shape index (κ2) is 15.1. The summed E-state index contributed by atoms with van der Waals surface area (Å²) in [6.07, 6.45) is 0. The summed E-state index contributed by atoms with van der Waals surface area (Å²) in [5, 5.41) is 18.5. The molecule has 4 heteroatoms. The summed E-state index contributed by atoms with van der Waals surface area (Å²) in [4.78, 5) is 4.77. The molecular formula is C66H40N2O2. The number of hydrogen-bond donors (Lipinski definition) is 0. The molecule has 2 aromatic heterocycles. The van der Waals surface area contributed by atoms with Crippen LogP contribution in [-0.4, -0.2) is 0 Å². The monoisotopic (exact) mass is 892 g/mol. The summed E-state index contributed by atoms with van der Waals surface area (Å²) in [6, 6.07) is 87.5. The molecule has 326 valence electrons. The number of hydrogen-bond acceptors (Lipinski definition) is 4. The maximum Gasteiger partial charge on any atom is 0.136 e. The van der Waals surface area contributed by atoms with E-state index >= 15 is 0 Å². The lowest BCUT2D eigenvalue weighted by molar-refractivity contribution is 0.663. The molecule has 0 aliphatic rings. The number of furan rings is 2. The Hall–Kier alpha value is -9.38. The zero-order valence-electron chi connectivity index (χ0n) is 37.8. The van der Waals surface area contributed by atoms with Crippen LogP contribution in [0.25, 0.3) is 109 Å². The number of para-hydroxylation sites is 2. The molecule has 0 aliphatic heterocycles. The van der Waals surface area contributed by atoms with Crippen molar-refractivity contribution < 1.29 is 8.83 Å². The second-order valence-electron chi connectivity index (χ2n) is 18.4. The van der Waals surface area contributed by atoms with Crippen LogP contribution in [0, 0.1) is 0 Å². The number of benzene rings is 13. The van der Waals surface area contributed by atoms with E-state index in [1.807, 2.05) is 0 Å². The largest absolute Gasteiger partial charge is 0.456 e. The summed E-state index contributed by atoms with van der Waals surface area (Å²) in [5.74, 6) is 0. The Morgan fingerprint density at radius 2 is 0.614 bits per heavy atom. The number of rotatable bonds is 6. The lowest BCUT2D eigenvalue weighted by atomic mass is 9.98. The van der Waals surface area contributed by atoms with Crippen molar-refractivity contribution in [2.45, 2.75) is 0 Å². The predicted molar refractivity (Wildman–Crippen MR) is 295 cm³/mol. The van der Waals surface area contributed by atoms with Crippen LogP contribution < -0.4 is 9.80 Å². The fraction of sp³-hybridized carbons (Fsp3) is 0. The van der Waals surface area contributed by atoms with Crippen LogP contribution in [0.3, 0.4) is 0 Å². The van der Waals surface area contributed by atoms with Gasteiger partial charge < -0.3 is 18.6 Å². The molecule has 0 saturated carbocycles. The van der Waals surface area contributed by atoms with Crippen molar-refractivity contribution in [2.75, 3.05) is 9.80 Å². The molecule has 2 heterocycles. The zero-order valence-corrected chi connectivity index (χ0v) is 37.8. The summed E-state index contributed by atoms with van der Waals surface area (Å²) in [7, 11) is 0. The first-order chi connectivity index (χ1) is 34.7. The Labute approximate surface area is 402 Å². The van der Waals surface area contributed by atoms with E-state index in [2.05, 4.69) is 252 Å². The summed E-state index contributed by atoms with van der Waals surface area (Å²) in [5.41, 5.74) is 9.97. The van der Waals surface area contributed by atoms with Crippen molar-refractivity contribution in [1.29, 1.82) is 0 Å². The molecule has 0 spiro atoms. The third-order valence-electron chi connectivity index (χ3n) is 14.5. The van der Waals surface area contributed by atoms with E-state index in [0.29, 0.717) is 0 Å². The SMILES string of the molecule is c1ccc(N(c2ccc3cc4c(cc3c2)oc2ccc3oc5cc6cc(N(c7ccccc7)c7cccc8ccc9ccccc9c78)ccc6cc5c3c24)c2cccc3ccc4ccccc4c23)cc1. The maximum atomic E-state index is 6.77. The smallest absolute Gasteiger partial charge is 0.136 e. The maximum absolute atomic E-state index is 6.77. The summed E-state index contributed by atoms with van der Waals surface area (Å²) >= 11 is 0. The average molecular weight is 893 g/mol. The van der Waals surface area contributed by atoms with Gasteiger partial charge in [0.2, 0.25) is 0 Å². The molecule has 0 radical (unpaired) electrons. The highest BCUT2D eigenvalue weighted by atomic mass is 16.3. The average Bonchev–Trinajstić information content (AvgIpc) is 3.97. The van der Waals surface area contributed by atoms with Crippen LogP contribution in [0.5, 0.6) is 0 Å². The van der Waals surface area contributed by atoms with Crippen molar-refractivity contribution in [2.24, 2.45) is 0 Å². The molecule has 0 atom stereocenters. The lowest BCUT2D eigenvalue weighted by Gasteiger charge is -2.27. The molecule has 0 fully saturated rings. The van der Waals surface area contributed by atoms with Gasteiger partial charge in [-0.05, 0) is 151 Å². The van der Waals surface area contributed by atoms with Gasteiger partial charge in [-0.1, -0.05) is 146 Å². The molecule has 0 bridgehead atoms. The van der Waals surface area contributed by atoms with Gasteiger partial charge in [-0.3, -0.25) is 0 Å². The molecule has 15 aromatic rings. The highest BCUT2D eigenvalue weighted by Gasteiger charge is 2.22. The summed E-state index contributed by atoms with van der Waals surface area (Å²) in [6.45, 7) is 0. The lowest BCUT2D eigenvalue weighted by Crippen LogP contribution is -2.10. The van der Waals surface area contributed by atoms with E-state index < -0.39 is 0 Å². The number of fused-ring (bicyclic) bond motifs is 15. The van der Waals surface area contributed by atoms with Gasteiger partial charge in [0.25, 0.3) is 0 Å². The first-order valence-electron chi connectivity index (χ1n) is 23.9.